The quantitative estimate of drug-likeness (QED) is 0.113. The van der Waals surface area contributed by atoms with Crippen LogP contribution >= 0.6 is 0 Å². The van der Waals surface area contributed by atoms with Crippen molar-refractivity contribution in [3.63, 3.8) is 0 Å². The number of benzene rings is 2. The molecule has 2 aliphatic rings. The summed E-state index contributed by atoms with van der Waals surface area (Å²) >= 11 is -1.35. The van der Waals surface area contributed by atoms with Crippen LogP contribution in [-0.2, 0) is 37.7 Å². The molecule has 0 aromatic heterocycles. The number of nitrogens with one attached hydrogen (secondary N) is 6. The number of hydrogen-bond donors (Lipinski definition) is 6. The molecule has 0 atom stereocenters. The third kappa shape index (κ3) is 8.02. The molecule has 0 bridgehead atoms. The Bertz CT molecular complexity index is 1600. The molecule has 6 amide bonds. The van der Waals surface area contributed by atoms with Gasteiger partial charge in [-0.25, -0.2) is 0 Å². The van der Waals surface area contributed by atoms with Gasteiger partial charge in [0, 0.05) is 0 Å². The predicted molar refractivity (Wildman–Crippen MR) is 177 cm³/mol. The third-order valence-corrected chi connectivity index (χ3v) is 16.8. The topological polar surface area (TPSA) is 175 Å². The van der Waals surface area contributed by atoms with Crippen LogP contribution in [0.15, 0.2) is 102 Å². The molecule has 0 fully saturated rings. The fraction of sp³-hybridized carbons (Fsp3) is 0.188. The van der Waals surface area contributed by atoms with E-state index >= 15 is 0 Å². The maximum absolute atomic E-state index is 13.4. The van der Waals surface area contributed by atoms with Crippen molar-refractivity contribution in [2.24, 2.45) is 0 Å². The molecule has 4 rings (SSSR count). The first-order valence-corrected chi connectivity index (χ1v) is 22.7. The molecule has 0 radical (unpaired) electrons. The van der Waals surface area contributed by atoms with E-state index in [1.54, 1.807) is 48.5 Å². The number of carbonyl (C=O) groups excluding carboxylic acids is 6. The van der Waals surface area contributed by atoms with Crippen LogP contribution in [0, 0.1) is 0 Å². The van der Waals surface area contributed by atoms with Crippen LogP contribution in [0.4, 0.5) is 0 Å². The van der Waals surface area contributed by atoms with E-state index in [1.807, 2.05) is 38.3 Å². The molecule has 0 heterocycles. The zero-order chi connectivity index (χ0) is 34.2. The van der Waals surface area contributed by atoms with Gasteiger partial charge in [-0.15, -0.1) is 0 Å². The minimum atomic E-state index is -2.89. The number of amides is 6. The normalized spacial score (nSPS) is 14.9. The molecule has 244 valence electrons. The maximum atomic E-state index is 13.4. The zero-order valence-electron chi connectivity index (χ0n) is 26.4. The van der Waals surface area contributed by atoms with Gasteiger partial charge in [-0.05, 0) is 0 Å². The van der Waals surface area contributed by atoms with E-state index in [0.29, 0.717) is 72.4 Å². The summed E-state index contributed by atoms with van der Waals surface area (Å²) < 4.78 is 1.94. The van der Waals surface area contributed by atoms with E-state index in [-0.39, 0.29) is 11.8 Å². The van der Waals surface area contributed by atoms with Gasteiger partial charge in [-0.3, -0.25) is 0 Å². The summed E-state index contributed by atoms with van der Waals surface area (Å²) in [6.45, 7) is 7.86. The summed E-state index contributed by atoms with van der Waals surface area (Å²) in [6.07, 6.45) is 2.84. The van der Waals surface area contributed by atoms with Gasteiger partial charge in [-0.1, -0.05) is 0 Å². The fourth-order valence-corrected chi connectivity index (χ4v) is 17.8. The van der Waals surface area contributed by atoms with Crippen molar-refractivity contribution in [3.05, 3.63) is 113 Å². The molecule has 0 unspecified atom stereocenters. The van der Waals surface area contributed by atoms with Crippen molar-refractivity contribution in [1.29, 1.82) is 0 Å². The van der Waals surface area contributed by atoms with Crippen molar-refractivity contribution in [3.8, 4) is 0 Å². The average Bonchev–Trinajstić information content (AvgIpc) is 3.56. The van der Waals surface area contributed by atoms with Crippen LogP contribution in [0.5, 0.6) is 0 Å². The first kappa shape index (κ1) is 35.2. The van der Waals surface area contributed by atoms with Crippen LogP contribution in [-0.4, -0.2) is 53.9 Å². The van der Waals surface area contributed by atoms with E-state index in [9.17, 15) is 28.8 Å². The third-order valence-electron chi connectivity index (χ3n) is 7.63. The number of hydrogen-bond acceptors (Lipinski definition) is 6. The second-order valence-corrected chi connectivity index (χ2v) is 22.6. The van der Waals surface area contributed by atoms with Gasteiger partial charge in [0.05, 0.1) is 0 Å². The molecule has 2 aliphatic carbocycles. The van der Waals surface area contributed by atoms with E-state index < -0.39 is 35.0 Å². The molecule has 12 nitrogen and oxygen atoms in total. The van der Waals surface area contributed by atoms with Crippen LogP contribution in [0.2, 0.25) is 26.2 Å². The van der Waals surface area contributed by atoms with Gasteiger partial charge in [-0.2, -0.15) is 0 Å². The van der Waals surface area contributed by atoms with Gasteiger partial charge < -0.3 is 0 Å². The van der Waals surface area contributed by atoms with E-state index in [2.05, 4.69) is 31.2 Å². The monoisotopic (exact) mass is 754 g/mol. The first-order valence-electron chi connectivity index (χ1n) is 14.6. The van der Waals surface area contributed by atoms with Gasteiger partial charge >= 0.3 is 284 Å². The first-order chi connectivity index (χ1) is 22.5. The molecule has 2 aromatic rings. The van der Waals surface area contributed by atoms with Gasteiger partial charge in [0.15, 0.2) is 0 Å². The van der Waals surface area contributed by atoms with Crippen LogP contribution < -0.4 is 31.2 Å². The van der Waals surface area contributed by atoms with E-state index in [0.717, 1.165) is 18.3 Å². The van der Waals surface area contributed by atoms with Crippen molar-refractivity contribution < 1.29 is 47.3 Å². The molecule has 0 aliphatic heterocycles. The van der Waals surface area contributed by atoms with Crippen LogP contribution in [0.1, 0.15) is 33.6 Å². The molecule has 0 saturated heterocycles. The molecular weight excluding hydrogens is 716 g/mol. The Morgan fingerprint density at radius 2 is 0.915 bits per heavy atom. The molecule has 0 saturated carbocycles. The number of rotatable bonds is 16. The number of allylic oxidation sites excluding steroid dienone is 4. The number of carbonyl (C=O) groups is 6. The molecule has 2 aromatic carbocycles. The fourth-order valence-electron chi connectivity index (χ4n) is 5.74. The Labute approximate surface area is 283 Å². The summed E-state index contributed by atoms with van der Waals surface area (Å²) in [5.41, 5.74) is 2.91. The zero-order valence-corrected chi connectivity index (χ0v) is 30.4. The van der Waals surface area contributed by atoms with Crippen molar-refractivity contribution in [1.82, 2.24) is 31.2 Å². The van der Waals surface area contributed by atoms with Gasteiger partial charge in [0.25, 0.3) is 0 Å². The SMILES string of the molecule is C[Si](C)(NC(=O)c1ccccc1)C1=[C]([Mo][C]2=C([Si](C)(C)NC(=O)c3ccccc3)C(NC=O)=C(NC=O)C2)CC(NC=O)=C1NC=O. The summed E-state index contributed by atoms with van der Waals surface area (Å²) in [5.74, 6) is -0.516. The summed E-state index contributed by atoms with van der Waals surface area (Å²) in [5, 5.41) is 12.6. The summed E-state index contributed by atoms with van der Waals surface area (Å²) in [6, 6.07) is 17.6. The second kappa shape index (κ2) is 15.3. The van der Waals surface area contributed by atoms with Crippen molar-refractivity contribution in [2.75, 3.05) is 0 Å². The standard InChI is InChI=1S/2C16H18N3O3Si.Mo/c2*1-23(2,19-16(22)12-6-4-3-5-7-12)14-9-8-13(17-10-20)15(14)18-11-21;/h2*3-7,10-11H,8H2,1-2H3,(H,17,20)(H,18,21)(H,19,22);. The van der Waals surface area contributed by atoms with Gasteiger partial charge in [0.1, 0.15) is 0 Å². The summed E-state index contributed by atoms with van der Waals surface area (Å²) in [4.78, 5) is 80.2. The Kier molecular flexibility index (Phi) is 11.4. The predicted octanol–water partition coefficient (Wildman–Crippen LogP) is 2.14. The van der Waals surface area contributed by atoms with E-state index in [4.69, 9.17) is 0 Å². The van der Waals surface area contributed by atoms with Crippen molar-refractivity contribution in [2.45, 2.75) is 39.0 Å². The van der Waals surface area contributed by atoms with E-state index in [1.165, 1.54) is 0 Å². The van der Waals surface area contributed by atoms with Crippen LogP contribution in [0.25, 0.3) is 0 Å². The average molecular weight is 753 g/mol. The van der Waals surface area contributed by atoms with Crippen molar-refractivity contribution >= 4 is 53.9 Å². The Morgan fingerprint density at radius 3 is 1.23 bits per heavy atom. The Balaban J connectivity index is 1.84. The molecule has 47 heavy (non-hydrogen) atoms. The molecular formula is C32H36MoN6O6Si2. The summed E-state index contributed by atoms with van der Waals surface area (Å²) in [7, 11) is -5.77. The Morgan fingerprint density at radius 1 is 0.574 bits per heavy atom. The molecule has 15 heteroatoms. The van der Waals surface area contributed by atoms with Crippen LogP contribution in [0.3, 0.4) is 0 Å². The molecule has 6 N–H and O–H groups in total. The van der Waals surface area contributed by atoms with Gasteiger partial charge in [0.2, 0.25) is 0 Å². The minimum absolute atomic E-state index is 0.258. The second-order valence-electron chi connectivity index (χ2n) is 11.7. The Hall–Kier alpha value is -4.66. The molecule has 0 spiro atoms.